The molecule has 22 heavy (non-hydrogen) atoms. The van der Waals surface area contributed by atoms with Gasteiger partial charge in [-0.15, -0.1) is 11.3 Å². The molecule has 1 aliphatic heterocycles. The topological polar surface area (TPSA) is 45.2 Å². The Morgan fingerprint density at radius 2 is 2.05 bits per heavy atom. The van der Waals surface area contributed by atoms with E-state index in [1.165, 1.54) is 16.4 Å². The Labute approximate surface area is 139 Å². The van der Waals surface area contributed by atoms with Gasteiger partial charge in [0.1, 0.15) is 23.0 Å². The number of hydrogen-bond donors (Lipinski definition) is 0. The Kier molecular flexibility index (Phi) is 5.15. The lowest BCUT2D eigenvalue weighted by Crippen LogP contribution is -2.33. The van der Waals surface area contributed by atoms with E-state index in [0.717, 1.165) is 42.7 Å². The van der Waals surface area contributed by atoms with Gasteiger partial charge in [0.15, 0.2) is 0 Å². The molecule has 5 nitrogen and oxygen atoms in total. The molecule has 0 bridgehead atoms. The lowest BCUT2D eigenvalue weighted by Gasteiger charge is -2.28. The van der Waals surface area contributed by atoms with Crippen LogP contribution in [0.15, 0.2) is 18.6 Å². The van der Waals surface area contributed by atoms with Crippen LogP contribution in [0, 0.1) is 0 Å². The average molecular weight is 336 g/mol. The van der Waals surface area contributed by atoms with Crippen LogP contribution in [-0.4, -0.2) is 46.6 Å². The van der Waals surface area contributed by atoms with E-state index in [2.05, 4.69) is 44.8 Å². The smallest absolute Gasteiger partial charge is 0.134 e. The monoisotopic (exact) mass is 335 g/mol. The Bertz CT molecular complexity index is 609. The zero-order chi connectivity index (χ0) is 15.4. The molecule has 0 saturated carbocycles. The molecule has 1 saturated heterocycles. The van der Waals surface area contributed by atoms with Crippen molar-refractivity contribution in [3.05, 3.63) is 28.5 Å². The number of rotatable bonds is 5. The number of nitrogens with zero attached hydrogens (tertiary/aromatic N) is 5. The molecule has 0 spiro atoms. The largest absolute Gasteiger partial charge is 0.355 e. The molecule has 2 aromatic heterocycles. The molecule has 1 fully saturated rings. The Balaban J connectivity index is 1.70. The third-order valence-corrected chi connectivity index (χ3v) is 5.76. The van der Waals surface area contributed by atoms with Crippen molar-refractivity contribution in [2.75, 3.05) is 41.4 Å². The van der Waals surface area contributed by atoms with Crippen molar-refractivity contribution in [1.82, 2.24) is 15.0 Å². The van der Waals surface area contributed by atoms with Crippen molar-refractivity contribution in [1.29, 1.82) is 0 Å². The highest BCUT2D eigenvalue weighted by Gasteiger charge is 2.14. The van der Waals surface area contributed by atoms with Gasteiger partial charge in [0.2, 0.25) is 0 Å². The van der Waals surface area contributed by atoms with Gasteiger partial charge in [-0.05, 0) is 6.42 Å². The number of anilines is 2. The summed E-state index contributed by atoms with van der Waals surface area (Å²) in [6, 6.07) is 2.09. The maximum Gasteiger partial charge on any atom is 0.134 e. The summed E-state index contributed by atoms with van der Waals surface area (Å²) in [6.07, 6.45) is 4.69. The molecule has 3 rings (SSSR count). The van der Waals surface area contributed by atoms with Crippen molar-refractivity contribution in [2.45, 2.75) is 19.9 Å². The van der Waals surface area contributed by atoms with Crippen LogP contribution in [0.4, 0.5) is 11.6 Å². The van der Waals surface area contributed by atoms with Gasteiger partial charge < -0.3 is 9.80 Å². The SMILES string of the molecule is CCc1cnc(CN(C)c2cc(N3CCSCC3)ncn2)s1. The molecular weight excluding hydrogens is 314 g/mol. The molecule has 118 valence electrons. The molecule has 3 heterocycles. The van der Waals surface area contributed by atoms with Gasteiger partial charge in [0.05, 0.1) is 6.54 Å². The van der Waals surface area contributed by atoms with Crippen molar-refractivity contribution in [2.24, 2.45) is 0 Å². The highest BCUT2D eigenvalue weighted by Crippen LogP contribution is 2.22. The molecular formula is C15H21N5S2. The van der Waals surface area contributed by atoms with Crippen molar-refractivity contribution in [3.63, 3.8) is 0 Å². The maximum absolute atomic E-state index is 4.49. The molecule has 0 radical (unpaired) electrons. The van der Waals surface area contributed by atoms with E-state index >= 15 is 0 Å². The van der Waals surface area contributed by atoms with Gasteiger partial charge in [0, 0.05) is 48.8 Å². The highest BCUT2D eigenvalue weighted by atomic mass is 32.2. The van der Waals surface area contributed by atoms with Crippen LogP contribution in [0.25, 0.3) is 0 Å². The standard InChI is InChI=1S/C15H21N5S2/c1-3-12-9-16-15(22-12)10-19(2)13-8-14(18-11-17-13)20-4-6-21-7-5-20/h8-9,11H,3-7,10H2,1-2H3. The molecule has 0 atom stereocenters. The maximum atomic E-state index is 4.49. The number of aromatic nitrogens is 3. The van der Waals surface area contributed by atoms with Gasteiger partial charge in [-0.2, -0.15) is 11.8 Å². The van der Waals surface area contributed by atoms with Crippen molar-refractivity contribution >= 4 is 34.7 Å². The molecule has 0 aromatic carbocycles. The fraction of sp³-hybridized carbons (Fsp3) is 0.533. The fourth-order valence-electron chi connectivity index (χ4n) is 2.38. The minimum absolute atomic E-state index is 0.789. The summed E-state index contributed by atoms with van der Waals surface area (Å²) in [4.78, 5) is 19.2. The predicted octanol–water partition coefficient (Wildman–Crippen LogP) is 2.69. The summed E-state index contributed by atoms with van der Waals surface area (Å²) < 4.78 is 0. The van der Waals surface area contributed by atoms with E-state index in [1.807, 2.05) is 18.0 Å². The highest BCUT2D eigenvalue weighted by molar-refractivity contribution is 7.99. The summed E-state index contributed by atoms with van der Waals surface area (Å²) in [5, 5.41) is 1.13. The molecule has 1 aliphatic rings. The number of thiazole rings is 1. The molecule has 2 aromatic rings. The molecule has 0 N–H and O–H groups in total. The van der Waals surface area contributed by atoms with Crippen LogP contribution >= 0.6 is 23.1 Å². The summed E-state index contributed by atoms with van der Waals surface area (Å²) in [5.74, 6) is 4.34. The van der Waals surface area contributed by atoms with Crippen LogP contribution in [0.3, 0.4) is 0 Å². The van der Waals surface area contributed by atoms with Gasteiger partial charge in [-0.25, -0.2) is 15.0 Å². The van der Waals surface area contributed by atoms with Crippen LogP contribution < -0.4 is 9.80 Å². The second kappa shape index (κ2) is 7.28. The average Bonchev–Trinajstić information content (AvgIpc) is 3.03. The second-order valence-corrected chi connectivity index (χ2v) is 7.69. The van der Waals surface area contributed by atoms with Gasteiger partial charge in [-0.3, -0.25) is 0 Å². The number of aryl methyl sites for hydroxylation is 1. The van der Waals surface area contributed by atoms with Gasteiger partial charge >= 0.3 is 0 Å². The number of hydrogen-bond acceptors (Lipinski definition) is 7. The lowest BCUT2D eigenvalue weighted by molar-refractivity contribution is 0.825. The molecule has 0 amide bonds. The lowest BCUT2D eigenvalue weighted by atomic mass is 10.4. The molecule has 7 heteroatoms. The van der Waals surface area contributed by atoms with E-state index in [0.29, 0.717) is 0 Å². The Morgan fingerprint density at radius 3 is 2.77 bits per heavy atom. The minimum atomic E-state index is 0.789. The van der Waals surface area contributed by atoms with E-state index in [9.17, 15) is 0 Å². The molecule has 0 unspecified atom stereocenters. The van der Waals surface area contributed by atoms with E-state index in [1.54, 1.807) is 17.7 Å². The zero-order valence-corrected chi connectivity index (χ0v) is 14.7. The summed E-state index contributed by atoms with van der Waals surface area (Å²) in [6.45, 7) is 5.08. The number of thioether (sulfide) groups is 1. The quantitative estimate of drug-likeness (QED) is 0.837. The summed E-state index contributed by atoms with van der Waals surface area (Å²) >= 11 is 3.79. The van der Waals surface area contributed by atoms with E-state index in [-0.39, 0.29) is 0 Å². The Hall–Kier alpha value is -1.34. The second-order valence-electron chi connectivity index (χ2n) is 5.26. The van der Waals surface area contributed by atoms with Crippen LogP contribution in [-0.2, 0) is 13.0 Å². The van der Waals surface area contributed by atoms with Gasteiger partial charge in [0.25, 0.3) is 0 Å². The third kappa shape index (κ3) is 3.70. The first-order valence-corrected chi connectivity index (χ1v) is 9.53. The third-order valence-electron chi connectivity index (χ3n) is 3.69. The Morgan fingerprint density at radius 1 is 1.23 bits per heavy atom. The van der Waals surface area contributed by atoms with E-state index in [4.69, 9.17) is 0 Å². The predicted molar refractivity (Wildman–Crippen MR) is 95.2 cm³/mol. The first kappa shape index (κ1) is 15.6. The minimum Gasteiger partial charge on any atom is -0.355 e. The zero-order valence-electron chi connectivity index (χ0n) is 13.0. The normalized spacial score (nSPS) is 15.1. The fourth-order valence-corrected chi connectivity index (χ4v) is 4.20. The first-order chi connectivity index (χ1) is 10.8. The van der Waals surface area contributed by atoms with Crippen LogP contribution in [0.5, 0.6) is 0 Å². The van der Waals surface area contributed by atoms with E-state index < -0.39 is 0 Å². The first-order valence-electron chi connectivity index (χ1n) is 7.55. The van der Waals surface area contributed by atoms with Crippen LogP contribution in [0.1, 0.15) is 16.8 Å². The van der Waals surface area contributed by atoms with Crippen LogP contribution in [0.2, 0.25) is 0 Å². The van der Waals surface area contributed by atoms with Crippen molar-refractivity contribution < 1.29 is 0 Å². The summed E-state index contributed by atoms with van der Waals surface area (Å²) in [7, 11) is 2.06. The summed E-state index contributed by atoms with van der Waals surface area (Å²) in [5.41, 5.74) is 0. The van der Waals surface area contributed by atoms with Crippen molar-refractivity contribution in [3.8, 4) is 0 Å². The molecule has 0 aliphatic carbocycles. The van der Waals surface area contributed by atoms with Gasteiger partial charge in [-0.1, -0.05) is 6.92 Å².